The molecular weight excluding hydrogens is 308 g/mol. The van der Waals surface area contributed by atoms with Gasteiger partial charge in [0.25, 0.3) is 5.56 Å². The molecular formula is C17H22N4OS. The SMILES string of the molecule is Cc1nnc2n(C)c(=O)c3c4c(sc3n12)C[C@@H](C(C)(C)C)CC4. The lowest BCUT2D eigenvalue weighted by atomic mass is 9.72. The third-order valence-corrected chi connectivity index (χ3v) is 6.54. The number of aryl methyl sites for hydroxylation is 3. The van der Waals surface area contributed by atoms with Gasteiger partial charge in [-0.05, 0) is 43.1 Å². The van der Waals surface area contributed by atoms with Crippen LogP contribution < -0.4 is 5.56 Å². The number of thiophene rings is 1. The molecule has 0 bridgehead atoms. The van der Waals surface area contributed by atoms with E-state index in [4.69, 9.17) is 0 Å². The quantitative estimate of drug-likeness (QED) is 0.636. The van der Waals surface area contributed by atoms with E-state index in [2.05, 4.69) is 31.0 Å². The molecule has 0 N–H and O–H groups in total. The third kappa shape index (κ3) is 2.00. The van der Waals surface area contributed by atoms with Crippen LogP contribution in [0.3, 0.4) is 0 Å². The Hall–Kier alpha value is -1.69. The molecule has 3 aromatic rings. The Morgan fingerprint density at radius 1 is 1.26 bits per heavy atom. The van der Waals surface area contributed by atoms with E-state index < -0.39 is 0 Å². The molecule has 122 valence electrons. The van der Waals surface area contributed by atoms with E-state index in [1.165, 1.54) is 10.4 Å². The highest BCUT2D eigenvalue weighted by molar-refractivity contribution is 7.18. The second kappa shape index (κ2) is 4.66. The predicted octanol–water partition coefficient (Wildman–Crippen LogP) is 3.10. The van der Waals surface area contributed by atoms with Crippen molar-refractivity contribution >= 4 is 27.3 Å². The van der Waals surface area contributed by atoms with Crippen LogP contribution in [0.15, 0.2) is 4.79 Å². The molecule has 0 spiro atoms. The van der Waals surface area contributed by atoms with E-state index in [0.717, 1.165) is 35.3 Å². The van der Waals surface area contributed by atoms with Gasteiger partial charge in [-0.3, -0.25) is 13.8 Å². The van der Waals surface area contributed by atoms with Gasteiger partial charge < -0.3 is 0 Å². The summed E-state index contributed by atoms with van der Waals surface area (Å²) in [6.45, 7) is 8.89. The van der Waals surface area contributed by atoms with Gasteiger partial charge in [0, 0.05) is 11.9 Å². The summed E-state index contributed by atoms with van der Waals surface area (Å²) in [7, 11) is 1.79. The Balaban J connectivity index is 2.04. The summed E-state index contributed by atoms with van der Waals surface area (Å²) in [6.07, 6.45) is 3.23. The summed E-state index contributed by atoms with van der Waals surface area (Å²) in [4.78, 5) is 15.2. The molecule has 1 atom stereocenters. The fourth-order valence-electron chi connectivity index (χ4n) is 3.75. The van der Waals surface area contributed by atoms with Gasteiger partial charge in [-0.25, -0.2) is 0 Å². The molecule has 0 aliphatic heterocycles. The van der Waals surface area contributed by atoms with Crippen LogP contribution in [0.5, 0.6) is 0 Å². The predicted molar refractivity (Wildman–Crippen MR) is 93.3 cm³/mol. The molecule has 5 nitrogen and oxygen atoms in total. The van der Waals surface area contributed by atoms with Crippen molar-refractivity contribution < 1.29 is 0 Å². The van der Waals surface area contributed by atoms with Crippen molar-refractivity contribution in [1.82, 2.24) is 19.2 Å². The Bertz CT molecular complexity index is 986. The molecule has 3 heterocycles. The highest BCUT2D eigenvalue weighted by atomic mass is 32.1. The summed E-state index contributed by atoms with van der Waals surface area (Å²) in [5.74, 6) is 2.14. The van der Waals surface area contributed by atoms with Gasteiger partial charge in [0.2, 0.25) is 5.78 Å². The first-order chi connectivity index (χ1) is 10.8. The molecule has 1 aliphatic rings. The smallest absolute Gasteiger partial charge is 0.263 e. The lowest BCUT2D eigenvalue weighted by molar-refractivity contribution is 0.218. The summed E-state index contributed by atoms with van der Waals surface area (Å²) in [5, 5.41) is 9.22. The van der Waals surface area contributed by atoms with E-state index in [1.54, 1.807) is 23.0 Å². The molecule has 4 rings (SSSR count). The number of hydrogen-bond donors (Lipinski definition) is 0. The maximum absolute atomic E-state index is 12.9. The fraction of sp³-hybridized carbons (Fsp3) is 0.588. The second-order valence-corrected chi connectivity index (χ2v) is 8.82. The molecule has 0 fully saturated rings. The topological polar surface area (TPSA) is 52.2 Å². The summed E-state index contributed by atoms with van der Waals surface area (Å²) < 4.78 is 3.66. The standard InChI is InChI=1S/C17H22N4OS/c1-9-18-19-16-20(5)14(22)13-11-7-6-10(17(2,3)4)8-12(11)23-15(13)21(9)16/h10H,6-8H2,1-5H3/t10-/m0/s1. The molecule has 0 saturated heterocycles. The second-order valence-electron chi connectivity index (χ2n) is 7.74. The van der Waals surface area contributed by atoms with Crippen LogP contribution >= 0.6 is 11.3 Å². The summed E-state index contributed by atoms with van der Waals surface area (Å²) in [6, 6.07) is 0. The van der Waals surface area contributed by atoms with Gasteiger partial charge in [-0.15, -0.1) is 21.5 Å². The van der Waals surface area contributed by atoms with Crippen LogP contribution in [-0.2, 0) is 19.9 Å². The Labute approximate surface area is 139 Å². The number of rotatable bonds is 0. The molecule has 0 saturated carbocycles. The number of nitrogens with zero attached hydrogens (tertiary/aromatic N) is 4. The average Bonchev–Trinajstić information content (AvgIpc) is 3.03. The zero-order chi connectivity index (χ0) is 16.5. The number of fused-ring (bicyclic) bond motifs is 5. The van der Waals surface area contributed by atoms with Crippen molar-refractivity contribution in [3.63, 3.8) is 0 Å². The minimum Gasteiger partial charge on any atom is -0.279 e. The summed E-state index contributed by atoms with van der Waals surface area (Å²) >= 11 is 1.76. The van der Waals surface area contributed by atoms with Gasteiger partial charge in [0.1, 0.15) is 10.7 Å². The van der Waals surface area contributed by atoms with Crippen LogP contribution in [0.4, 0.5) is 0 Å². The molecule has 0 aromatic carbocycles. The van der Waals surface area contributed by atoms with E-state index in [9.17, 15) is 4.79 Å². The normalized spacial score (nSPS) is 18.7. The van der Waals surface area contributed by atoms with Gasteiger partial charge in [-0.1, -0.05) is 20.8 Å². The molecule has 1 aliphatic carbocycles. The van der Waals surface area contributed by atoms with Crippen LogP contribution in [0.1, 0.15) is 43.5 Å². The molecule has 0 amide bonds. The largest absolute Gasteiger partial charge is 0.279 e. The zero-order valence-electron chi connectivity index (χ0n) is 14.3. The molecule has 0 unspecified atom stereocenters. The van der Waals surface area contributed by atoms with Gasteiger partial charge >= 0.3 is 0 Å². The molecule has 6 heteroatoms. The van der Waals surface area contributed by atoms with E-state index in [0.29, 0.717) is 17.1 Å². The average molecular weight is 330 g/mol. The monoisotopic (exact) mass is 330 g/mol. The van der Waals surface area contributed by atoms with Crippen molar-refractivity contribution in [1.29, 1.82) is 0 Å². The molecule has 23 heavy (non-hydrogen) atoms. The molecule has 0 radical (unpaired) electrons. The third-order valence-electron chi connectivity index (χ3n) is 5.30. The first-order valence-corrected chi connectivity index (χ1v) is 8.95. The van der Waals surface area contributed by atoms with E-state index in [-0.39, 0.29) is 5.56 Å². The Morgan fingerprint density at radius 2 is 2.00 bits per heavy atom. The maximum atomic E-state index is 12.9. The fourth-order valence-corrected chi connectivity index (χ4v) is 5.22. The zero-order valence-corrected chi connectivity index (χ0v) is 15.1. The van der Waals surface area contributed by atoms with Gasteiger partial charge in [-0.2, -0.15) is 0 Å². The van der Waals surface area contributed by atoms with Crippen molar-refractivity contribution in [2.45, 2.75) is 47.0 Å². The van der Waals surface area contributed by atoms with Crippen molar-refractivity contribution in [3.8, 4) is 0 Å². The van der Waals surface area contributed by atoms with Crippen molar-refractivity contribution in [2.75, 3.05) is 0 Å². The van der Waals surface area contributed by atoms with Crippen LogP contribution in [0.25, 0.3) is 16.0 Å². The van der Waals surface area contributed by atoms with Crippen molar-refractivity contribution in [2.24, 2.45) is 18.4 Å². The summed E-state index contributed by atoms with van der Waals surface area (Å²) in [5.41, 5.74) is 1.63. The van der Waals surface area contributed by atoms with Crippen LogP contribution in [-0.4, -0.2) is 19.2 Å². The van der Waals surface area contributed by atoms with Gasteiger partial charge in [0.15, 0.2) is 0 Å². The molecule has 3 aromatic heterocycles. The Kier molecular flexibility index (Phi) is 3.01. The van der Waals surface area contributed by atoms with Crippen LogP contribution in [0, 0.1) is 18.3 Å². The highest BCUT2D eigenvalue weighted by Gasteiger charge is 2.32. The first kappa shape index (κ1) is 14.9. The lowest BCUT2D eigenvalue weighted by Gasteiger charge is -2.33. The minimum absolute atomic E-state index is 0.0617. The number of hydrogen-bond acceptors (Lipinski definition) is 4. The minimum atomic E-state index is 0.0617. The highest BCUT2D eigenvalue weighted by Crippen LogP contribution is 2.42. The maximum Gasteiger partial charge on any atom is 0.263 e. The van der Waals surface area contributed by atoms with Gasteiger partial charge in [0.05, 0.1) is 5.39 Å². The van der Waals surface area contributed by atoms with E-state index in [1.807, 2.05) is 11.3 Å². The van der Waals surface area contributed by atoms with Crippen molar-refractivity contribution in [3.05, 3.63) is 26.6 Å². The van der Waals surface area contributed by atoms with Crippen LogP contribution in [0.2, 0.25) is 0 Å². The lowest BCUT2D eigenvalue weighted by Crippen LogP contribution is -2.27. The van der Waals surface area contributed by atoms with E-state index >= 15 is 0 Å². The number of aromatic nitrogens is 4. The Morgan fingerprint density at radius 3 is 2.70 bits per heavy atom. The first-order valence-electron chi connectivity index (χ1n) is 8.14.